The van der Waals surface area contributed by atoms with E-state index in [2.05, 4.69) is 21.2 Å². The summed E-state index contributed by atoms with van der Waals surface area (Å²) in [6.07, 6.45) is 1.71. The molecule has 0 fully saturated rings. The maximum Gasteiger partial charge on any atom is 0.407 e. The lowest BCUT2D eigenvalue weighted by atomic mass is 10.2. The molecule has 112 valence electrons. The minimum atomic E-state index is -0.515. The van der Waals surface area contributed by atoms with Crippen LogP contribution in [0, 0.1) is 0 Å². The van der Waals surface area contributed by atoms with Crippen LogP contribution in [0.1, 0.15) is 27.2 Å². The number of nitrogens with zero attached hydrogens (tertiary/aromatic N) is 1. The van der Waals surface area contributed by atoms with E-state index in [0.29, 0.717) is 29.0 Å². The third-order valence-electron chi connectivity index (χ3n) is 2.25. The van der Waals surface area contributed by atoms with Crippen molar-refractivity contribution < 1.29 is 9.53 Å². The zero-order valence-corrected chi connectivity index (χ0v) is 14.0. The summed E-state index contributed by atoms with van der Waals surface area (Å²) in [6.45, 7) is 6.29. The van der Waals surface area contributed by atoms with Crippen LogP contribution < -0.4 is 10.9 Å². The van der Waals surface area contributed by atoms with E-state index < -0.39 is 11.7 Å². The highest BCUT2D eigenvalue weighted by molar-refractivity contribution is 9.10. The molecule has 5 nitrogen and oxygen atoms in total. The first kappa shape index (κ1) is 17.0. The Hall–Kier alpha value is -1.01. The second-order valence-electron chi connectivity index (χ2n) is 5.29. The number of rotatable bonds is 4. The number of pyridine rings is 1. The molecule has 1 aromatic heterocycles. The molecule has 0 atom stereocenters. The quantitative estimate of drug-likeness (QED) is 0.834. The zero-order valence-electron chi connectivity index (χ0n) is 11.7. The number of amides is 1. The van der Waals surface area contributed by atoms with E-state index in [-0.39, 0.29) is 5.56 Å². The average molecular weight is 366 g/mol. The Labute approximate surface area is 131 Å². The summed E-state index contributed by atoms with van der Waals surface area (Å²) in [5.74, 6) is 0. The summed E-state index contributed by atoms with van der Waals surface area (Å²) in [7, 11) is 0. The van der Waals surface area contributed by atoms with Crippen molar-refractivity contribution in [1.29, 1.82) is 0 Å². The number of aromatic nitrogens is 1. The highest BCUT2D eigenvalue weighted by Gasteiger charge is 2.15. The lowest BCUT2D eigenvalue weighted by Gasteiger charge is -2.19. The van der Waals surface area contributed by atoms with E-state index in [1.807, 2.05) is 0 Å². The number of carbonyl (C=O) groups excluding carboxylic acids is 1. The minimum Gasteiger partial charge on any atom is -0.444 e. The van der Waals surface area contributed by atoms with Gasteiger partial charge in [0, 0.05) is 19.3 Å². The summed E-state index contributed by atoms with van der Waals surface area (Å²) < 4.78 is 7.03. The van der Waals surface area contributed by atoms with Crippen LogP contribution in [-0.4, -0.2) is 22.8 Å². The molecule has 0 aliphatic carbocycles. The van der Waals surface area contributed by atoms with Crippen molar-refractivity contribution >= 4 is 33.6 Å². The largest absolute Gasteiger partial charge is 0.444 e. The first-order valence-electron chi connectivity index (χ1n) is 6.21. The number of nitrogens with one attached hydrogen (secondary N) is 1. The fourth-order valence-corrected chi connectivity index (χ4v) is 2.32. The van der Waals surface area contributed by atoms with Crippen molar-refractivity contribution in [3.05, 3.63) is 32.1 Å². The Balaban J connectivity index is 2.43. The summed E-state index contributed by atoms with van der Waals surface area (Å²) in [5.41, 5.74) is -0.662. The summed E-state index contributed by atoms with van der Waals surface area (Å²) in [5, 5.41) is 3.12. The van der Waals surface area contributed by atoms with Crippen molar-refractivity contribution in [2.45, 2.75) is 39.3 Å². The molecule has 1 heterocycles. The average Bonchev–Trinajstić information content (AvgIpc) is 2.28. The van der Waals surface area contributed by atoms with Crippen LogP contribution in [0.15, 0.2) is 21.5 Å². The van der Waals surface area contributed by atoms with Gasteiger partial charge in [0.05, 0.1) is 9.50 Å². The second kappa shape index (κ2) is 7.13. The van der Waals surface area contributed by atoms with Gasteiger partial charge in [-0.15, -0.1) is 0 Å². The molecular weight excluding hydrogens is 348 g/mol. The molecule has 7 heteroatoms. The molecule has 0 bridgehead atoms. The van der Waals surface area contributed by atoms with Gasteiger partial charge in [-0.25, -0.2) is 4.79 Å². The van der Waals surface area contributed by atoms with Crippen molar-refractivity contribution in [2.75, 3.05) is 6.54 Å². The second-order valence-corrected chi connectivity index (χ2v) is 6.58. The van der Waals surface area contributed by atoms with Crippen LogP contribution >= 0.6 is 27.5 Å². The number of alkyl carbamates (subject to hydrolysis) is 1. The van der Waals surface area contributed by atoms with Gasteiger partial charge in [0.15, 0.2) is 0 Å². The van der Waals surface area contributed by atoms with Gasteiger partial charge in [-0.2, -0.15) is 0 Å². The van der Waals surface area contributed by atoms with E-state index in [4.69, 9.17) is 16.3 Å². The highest BCUT2D eigenvalue weighted by atomic mass is 79.9. The van der Waals surface area contributed by atoms with Gasteiger partial charge in [-0.1, -0.05) is 11.6 Å². The van der Waals surface area contributed by atoms with Crippen molar-refractivity contribution in [3.63, 3.8) is 0 Å². The number of hydrogen-bond acceptors (Lipinski definition) is 3. The first-order valence-corrected chi connectivity index (χ1v) is 7.38. The summed E-state index contributed by atoms with van der Waals surface area (Å²) >= 11 is 9.03. The van der Waals surface area contributed by atoms with E-state index >= 15 is 0 Å². The van der Waals surface area contributed by atoms with Crippen molar-refractivity contribution in [1.82, 2.24) is 9.88 Å². The Kier molecular flexibility index (Phi) is 6.07. The predicted molar refractivity (Wildman–Crippen MR) is 82.3 cm³/mol. The van der Waals surface area contributed by atoms with Gasteiger partial charge in [0.2, 0.25) is 0 Å². The molecule has 0 aliphatic heterocycles. The van der Waals surface area contributed by atoms with Crippen LogP contribution in [0.2, 0.25) is 5.02 Å². The molecule has 0 aliphatic rings. The molecule has 0 saturated heterocycles. The van der Waals surface area contributed by atoms with Crippen LogP contribution in [0.3, 0.4) is 0 Å². The Morgan fingerprint density at radius 1 is 1.50 bits per heavy atom. The van der Waals surface area contributed by atoms with Gasteiger partial charge in [0.25, 0.3) is 5.56 Å². The minimum absolute atomic E-state index is 0.147. The first-order chi connectivity index (χ1) is 9.19. The van der Waals surface area contributed by atoms with Crippen LogP contribution in [-0.2, 0) is 11.3 Å². The van der Waals surface area contributed by atoms with Gasteiger partial charge in [-0.05, 0) is 49.2 Å². The summed E-state index contributed by atoms with van der Waals surface area (Å²) in [4.78, 5) is 23.2. The molecule has 0 saturated carbocycles. The standard InChI is InChI=1S/C13H18BrClN2O3/c1-13(2,3)20-12(19)16-5-4-6-17-8-9(15)7-10(14)11(17)18/h7-8H,4-6H2,1-3H3,(H,16,19). The fourth-order valence-electron chi connectivity index (χ4n) is 1.48. The Bertz CT molecular complexity index is 537. The fraction of sp³-hybridized carbons (Fsp3) is 0.538. The SMILES string of the molecule is CC(C)(C)OC(=O)NCCCn1cc(Cl)cc(Br)c1=O. The molecular formula is C13H18BrClN2O3. The number of hydrogen-bond donors (Lipinski definition) is 1. The molecule has 1 amide bonds. The molecule has 1 N–H and O–H groups in total. The van der Waals surface area contributed by atoms with Crippen LogP contribution in [0.5, 0.6) is 0 Å². The topological polar surface area (TPSA) is 60.3 Å². The van der Waals surface area contributed by atoms with Crippen molar-refractivity contribution in [2.24, 2.45) is 0 Å². The Morgan fingerprint density at radius 3 is 2.75 bits per heavy atom. The van der Waals surface area contributed by atoms with Crippen LogP contribution in [0.25, 0.3) is 0 Å². The number of ether oxygens (including phenoxy) is 1. The number of aryl methyl sites for hydroxylation is 1. The molecule has 1 rings (SSSR count). The highest BCUT2D eigenvalue weighted by Crippen LogP contribution is 2.12. The molecule has 20 heavy (non-hydrogen) atoms. The van der Waals surface area contributed by atoms with E-state index in [1.54, 1.807) is 33.0 Å². The van der Waals surface area contributed by atoms with Gasteiger partial charge in [0.1, 0.15) is 5.60 Å². The molecule has 0 radical (unpaired) electrons. The summed E-state index contributed by atoms with van der Waals surface area (Å²) in [6, 6.07) is 1.55. The lowest BCUT2D eigenvalue weighted by Crippen LogP contribution is -2.33. The number of carbonyl (C=O) groups is 1. The number of halogens is 2. The Morgan fingerprint density at radius 2 is 2.15 bits per heavy atom. The smallest absolute Gasteiger partial charge is 0.407 e. The normalized spacial score (nSPS) is 11.2. The van der Waals surface area contributed by atoms with Crippen molar-refractivity contribution in [3.8, 4) is 0 Å². The third-order valence-corrected chi connectivity index (χ3v) is 3.03. The van der Waals surface area contributed by atoms with E-state index in [1.165, 1.54) is 4.57 Å². The zero-order chi connectivity index (χ0) is 15.3. The predicted octanol–water partition coefficient (Wildman–Crippen LogP) is 3.18. The maximum absolute atomic E-state index is 11.8. The van der Waals surface area contributed by atoms with E-state index in [9.17, 15) is 9.59 Å². The van der Waals surface area contributed by atoms with E-state index in [0.717, 1.165) is 0 Å². The molecule has 1 aromatic rings. The third kappa shape index (κ3) is 5.96. The monoisotopic (exact) mass is 364 g/mol. The van der Waals surface area contributed by atoms with Gasteiger partial charge < -0.3 is 14.6 Å². The molecule has 0 unspecified atom stereocenters. The van der Waals surface area contributed by atoms with Crippen LogP contribution in [0.4, 0.5) is 4.79 Å². The lowest BCUT2D eigenvalue weighted by molar-refractivity contribution is 0.0526. The maximum atomic E-state index is 11.8. The molecule has 0 spiro atoms. The molecule has 0 aromatic carbocycles. The van der Waals surface area contributed by atoms with Gasteiger partial charge in [-0.3, -0.25) is 4.79 Å². The van der Waals surface area contributed by atoms with Gasteiger partial charge >= 0.3 is 6.09 Å².